The van der Waals surface area contributed by atoms with Gasteiger partial charge in [0.2, 0.25) is 0 Å². The quantitative estimate of drug-likeness (QED) is 0.464. The lowest BCUT2D eigenvalue weighted by Crippen LogP contribution is -2.52. The molecule has 0 saturated heterocycles. The van der Waals surface area contributed by atoms with Crippen LogP contribution in [-0.4, -0.2) is 19.1 Å². The number of hydrogen-bond donors (Lipinski definition) is 0. The molecular formula is C28H34N4. The Morgan fingerprint density at radius 1 is 1.00 bits per heavy atom. The van der Waals surface area contributed by atoms with Crippen LogP contribution in [0.15, 0.2) is 55.4 Å². The average molecular weight is 427 g/mol. The first-order chi connectivity index (χ1) is 15.6. The number of aromatic nitrogens is 4. The Kier molecular flexibility index (Phi) is 3.94. The van der Waals surface area contributed by atoms with Crippen molar-refractivity contribution >= 4 is 16.7 Å². The summed E-state index contributed by atoms with van der Waals surface area (Å²) in [5, 5.41) is 0. The summed E-state index contributed by atoms with van der Waals surface area (Å²) in [5.41, 5.74) is 4.60. The van der Waals surface area contributed by atoms with Crippen molar-refractivity contribution in [2.24, 2.45) is 34.5 Å². The van der Waals surface area contributed by atoms with E-state index in [-0.39, 0.29) is 5.41 Å². The summed E-state index contributed by atoms with van der Waals surface area (Å²) < 4.78 is 4.87. The molecule has 4 aliphatic rings. The largest absolute Gasteiger partial charge is 0.334 e. The predicted octanol–water partition coefficient (Wildman–Crippen LogP) is 6.58. The number of rotatable bonds is 2. The van der Waals surface area contributed by atoms with Gasteiger partial charge in [0, 0.05) is 29.5 Å². The molecule has 166 valence electrons. The third-order valence-electron chi connectivity index (χ3n) is 10.5. The Hall–Kier alpha value is -2.36. The zero-order valence-electron chi connectivity index (χ0n) is 19.3. The standard InChI is InChI=1S/C28H34N4/c1-27-12-5-6-22(27)25(31-15-14-29-17-31)16-19-20-9-10-26(28(20,2)13-11-21(19)27)32-18-30-23-7-3-4-8-24(23)32/h3-4,7-8,10,14-15,17-22,25H,5-6,9,11-13,16H2,1-2H3/t19?,20?,21?,22?,25-,27-,28+/m1/s1. The number of benzene rings is 1. The Morgan fingerprint density at radius 3 is 2.78 bits per heavy atom. The van der Waals surface area contributed by atoms with Crippen molar-refractivity contribution in [2.45, 2.75) is 64.8 Å². The van der Waals surface area contributed by atoms with Crippen LogP contribution in [0.3, 0.4) is 0 Å². The normalized spacial score (nSPS) is 40.7. The van der Waals surface area contributed by atoms with Gasteiger partial charge in [-0.3, -0.25) is 0 Å². The van der Waals surface area contributed by atoms with Gasteiger partial charge in [0.05, 0.1) is 17.4 Å². The molecule has 0 spiro atoms. The molecule has 2 aromatic heterocycles. The Labute approximate surface area is 190 Å². The van der Waals surface area contributed by atoms with Gasteiger partial charge in [-0.2, -0.15) is 0 Å². The topological polar surface area (TPSA) is 35.6 Å². The zero-order valence-corrected chi connectivity index (χ0v) is 19.3. The monoisotopic (exact) mass is 426 g/mol. The van der Waals surface area contributed by atoms with Crippen molar-refractivity contribution in [3.05, 3.63) is 55.4 Å². The van der Waals surface area contributed by atoms with Gasteiger partial charge in [0.25, 0.3) is 0 Å². The molecule has 4 aliphatic carbocycles. The van der Waals surface area contributed by atoms with E-state index in [1.54, 1.807) is 0 Å². The predicted molar refractivity (Wildman–Crippen MR) is 128 cm³/mol. The molecule has 2 heterocycles. The number of allylic oxidation sites excluding steroid dienone is 2. The number of fused-ring (bicyclic) bond motifs is 6. The first-order valence-electron chi connectivity index (χ1n) is 12.7. The third kappa shape index (κ3) is 2.39. The molecule has 0 radical (unpaired) electrons. The van der Waals surface area contributed by atoms with Gasteiger partial charge in [0.1, 0.15) is 6.33 Å². The van der Waals surface area contributed by atoms with E-state index in [1.807, 2.05) is 6.20 Å². The van der Waals surface area contributed by atoms with Crippen molar-refractivity contribution in [2.75, 3.05) is 0 Å². The highest BCUT2D eigenvalue weighted by Gasteiger charge is 2.61. The molecule has 7 atom stereocenters. The van der Waals surface area contributed by atoms with E-state index < -0.39 is 0 Å². The van der Waals surface area contributed by atoms with Crippen LogP contribution in [0.25, 0.3) is 16.7 Å². The molecule has 3 aromatic rings. The maximum absolute atomic E-state index is 4.73. The molecule has 3 saturated carbocycles. The molecular weight excluding hydrogens is 392 g/mol. The minimum absolute atomic E-state index is 0.242. The van der Waals surface area contributed by atoms with Crippen LogP contribution in [0.4, 0.5) is 0 Å². The molecule has 32 heavy (non-hydrogen) atoms. The maximum atomic E-state index is 4.73. The number of hydrogen-bond acceptors (Lipinski definition) is 2. The van der Waals surface area contributed by atoms with Gasteiger partial charge in [-0.25, -0.2) is 9.97 Å². The van der Waals surface area contributed by atoms with Gasteiger partial charge in [-0.05, 0) is 79.7 Å². The summed E-state index contributed by atoms with van der Waals surface area (Å²) in [5.74, 6) is 3.22. The van der Waals surface area contributed by atoms with Crippen LogP contribution >= 0.6 is 0 Å². The molecule has 0 bridgehead atoms. The first-order valence-corrected chi connectivity index (χ1v) is 12.7. The van der Waals surface area contributed by atoms with Crippen LogP contribution in [0.1, 0.15) is 64.8 Å². The third-order valence-corrected chi connectivity index (χ3v) is 10.5. The summed E-state index contributed by atoms with van der Waals surface area (Å²) >= 11 is 0. The van der Waals surface area contributed by atoms with Crippen LogP contribution in [0.2, 0.25) is 0 Å². The summed E-state index contributed by atoms with van der Waals surface area (Å²) in [6, 6.07) is 9.22. The van der Waals surface area contributed by atoms with E-state index in [0.717, 1.165) is 29.2 Å². The second-order valence-electron chi connectivity index (χ2n) is 11.6. The number of para-hydroxylation sites is 2. The molecule has 4 nitrogen and oxygen atoms in total. The van der Waals surface area contributed by atoms with E-state index in [2.05, 4.69) is 77.2 Å². The smallest absolute Gasteiger partial charge is 0.100 e. The molecule has 1 aromatic carbocycles. The van der Waals surface area contributed by atoms with E-state index in [1.165, 1.54) is 56.2 Å². The van der Waals surface area contributed by atoms with Gasteiger partial charge < -0.3 is 9.13 Å². The molecule has 0 N–H and O–H groups in total. The van der Waals surface area contributed by atoms with Crippen LogP contribution < -0.4 is 0 Å². The molecule has 0 aliphatic heterocycles. The van der Waals surface area contributed by atoms with Crippen LogP contribution in [0.5, 0.6) is 0 Å². The molecule has 4 heteroatoms. The van der Waals surface area contributed by atoms with Crippen molar-refractivity contribution in [1.29, 1.82) is 0 Å². The van der Waals surface area contributed by atoms with E-state index in [0.29, 0.717) is 11.5 Å². The van der Waals surface area contributed by atoms with Crippen LogP contribution in [0, 0.1) is 34.5 Å². The Balaban J connectivity index is 1.28. The Bertz CT molecular complexity index is 1190. The highest BCUT2D eigenvalue weighted by molar-refractivity contribution is 5.80. The highest BCUT2D eigenvalue weighted by Crippen LogP contribution is 2.69. The van der Waals surface area contributed by atoms with Crippen molar-refractivity contribution < 1.29 is 0 Å². The van der Waals surface area contributed by atoms with Gasteiger partial charge in [-0.1, -0.05) is 38.5 Å². The lowest BCUT2D eigenvalue weighted by molar-refractivity contribution is -0.0877. The van der Waals surface area contributed by atoms with E-state index in [4.69, 9.17) is 4.98 Å². The molecule has 0 amide bonds. The number of nitrogens with zero attached hydrogens (tertiary/aromatic N) is 4. The summed E-state index contributed by atoms with van der Waals surface area (Å²) in [6.45, 7) is 5.22. The summed E-state index contributed by atoms with van der Waals surface area (Å²) in [4.78, 5) is 9.16. The van der Waals surface area contributed by atoms with Gasteiger partial charge in [0.15, 0.2) is 0 Å². The fourth-order valence-electron chi connectivity index (χ4n) is 9.05. The van der Waals surface area contributed by atoms with E-state index >= 15 is 0 Å². The molecule has 3 fully saturated rings. The lowest BCUT2D eigenvalue weighted by Gasteiger charge is -2.59. The van der Waals surface area contributed by atoms with E-state index in [9.17, 15) is 0 Å². The summed E-state index contributed by atoms with van der Waals surface area (Å²) in [6.07, 6.45) is 20.4. The fraction of sp³-hybridized carbons (Fsp3) is 0.571. The molecule has 7 rings (SSSR count). The zero-order chi connectivity index (χ0) is 21.5. The minimum Gasteiger partial charge on any atom is -0.334 e. The fourth-order valence-corrected chi connectivity index (χ4v) is 9.05. The highest BCUT2D eigenvalue weighted by atomic mass is 15.1. The Morgan fingerprint density at radius 2 is 1.91 bits per heavy atom. The van der Waals surface area contributed by atoms with Gasteiger partial charge >= 0.3 is 0 Å². The van der Waals surface area contributed by atoms with Crippen molar-refractivity contribution in [3.8, 4) is 0 Å². The van der Waals surface area contributed by atoms with Crippen LogP contribution in [-0.2, 0) is 0 Å². The lowest BCUT2D eigenvalue weighted by atomic mass is 9.47. The minimum atomic E-state index is 0.242. The molecule has 4 unspecified atom stereocenters. The number of imidazole rings is 2. The first kappa shape index (κ1) is 19.1. The SMILES string of the molecule is C[C@]12CCCC1[C@H](n1ccnc1)CC1C2CC[C@]2(C)C(n3cnc4ccccc43)=CCC12. The van der Waals surface area contributed by atoms with Crippen molar-refractivity contribution in [1.82, 2.24) is 19.1 Å². The second kappa shape index (κ2) is 6.59. The second-order valence-corrected chi connectivity index (χ2v) is 11.6. The van der Waals surface area contributed by atoms with Crippen molar-refractivity contribution in [3.63, 3.8) is 0 Å². The maximum Gasteiger partial charge on any atom is 0.100 e. The van der Waals surface area contributed by atoms with Gasteiger partial charge in [-0.15, -0.1) is 0 Å². The average Bonchev–Trinajstić information content (AvgIpc) is 3.57. The summed E-state index contributed by atoms with van der Waals surface area (Å²) in [7, 11) is 0.